The molecule has 0 fully saturated rings. The molecule has 2 atom stereocenters. The van der Waals surface area contributed by atoms with Crippen LogP contribution in [0.3, 0.4) is 0 Å². The van der Waals surface area contributed by atoms with Crippen LogP contribution in [0.1, 0.15) is 31.4 Å². The monoisotopic (exact) mass is 679 g/mol. The van der Waals surface area contributed by atoms with Crippen LogP contribution < -0.4 is 19.1 Å². The Kier molecular flexibility index (Phi) is 12.1. The van der Waals surface area contributed by atoms with E-state index in [1.807, 2.05) is 44.2 Å². The van der Waals surface area contributed by atoms with Gasteiger partial charge in [0.15, 0.2) is 11.5 Å². The van der Waals surface area contributed by atoms with Gasteiger partial charge in [0, 0.05) is 25.1 Å². The fourth-order valence-electron chi connectivity index (χ4n) is 5.02. The van der Waals surface area contributed by atoms with Crippen molar-refractivity contribution < 1.29 is 36.3 Å². The van der Waals surface area contributed by atoms with Crippen molar-refractivity contribution in [3.63, 3.8) is 0 Å². The molecular weight excluding hydrogens is 640 g/mol. The van der Waals surface area contributed by atoms with Crippen molar-refractivity contribution in [3.05, 3.63) is 120 Å². The van der Waals surface area contributed by atoms with Gasteiger partial charge in [0.25, 0.3) is 10.0 Å². The zero-order valence-electron chi connectivity index (χ0n) is 27.2. The number of benzene rings is 4. The van der Waals surface area contributed by atoms with Gasteiger partial charge < -0.3 is 19.7 Å². The summed E-state index contributed by atoms with van der Waals surface area (Å²) in [5, 5.41) is 2.96. The molecule has 1 N–H and O–H groups in total. The maximum absolute atomic E-state index is 14.5. The maximum Gasteiger partial charge on any atom is 0.264 e. The molecule has 0 aliphatic carbocycles. The number of nitrogens with one attached hydrogen (secondary N) is 1. The minimum absolute atomic E-state index is 0.0185. The predicted octanol–water partition coefficient (Wildman–Crippen LogP) is 5.73. The van der Waals surface area contributed by atoms with Crippen LogP contribution in [-0.2, 0) is 32.6 Å². The van der Waals surface area contributed by atoms with Crippen molar-refractivity contribution in [2.24, 2.45) is 0 Å². The zero-order chi connectivity index (χ0) is 34.8. The van der Waals surface area contributed by atoms with E-state index in [4.69, 9.17) is 9.47 Å². The van der Waals surface area contributed by atoms with Crippen LogP contribution in [0.2, 0.25) is 0 Å². The lowest BCUT2D eigenvalue weighted by molar-refractivity contribution is -0.140. The summed E-state index contributed by atoms with van der Waals surface area (Å²) in [6.07, 6.45) is 0.757. The van der Waals surface area contributed by atoms with Crippen LogP contribution in [0.15, 0.2) is 102 Å². The van der Waals surface area contributed by atoms with E-state index in [9.17, 15) is 26.8 Å². The molecule has 0 spiro atoms. The second-order valence-corrected chi connectivity index (χ2v) is 13.0. The molecule has 0 aromatic heterocycles. The van der Waals surface area contributed by atoms with E-state index in [-0.39, 0.29) is 35.3 Å². The minimum atomic E-state index is -4.48. The third-order valence-electron chi connectivity index (χ3n) is 7.87. The highest BCUT2D eigenvalue weighted by molar-refractivity contribution is 7.92. The van der Waals surface area contributed by atoms with E-state index in [2.05, 4.69) is 5.32 Å². The van der Waals surface area contributed by atoms with Crippen LogP contribution in [0.5, 0.6) is 11.5 Å². The summed E-state index contributed by atoms with van der Waals surface area (Å²) in [5.74, 6) is -1.78. The summed E-state index contributed by atoms with van der Waals surface area (Å²) in [6, 6.07) is 22.0. The molecule has 2 unspecified atom stereocenters. The van der Waals surface area contributed by atoms with Gasteiger partial charge in [-0.1, -0.05) is 49.4 Å². The molecule has 0 heterocycles. The van der Waals surface area contributed by atoms with Crippen LogP contribution >= 0.6 is 0 Å². The van der Waals surface area contributed by atoms with E-state index in [1.165, 1.54) is 73.7 Å². The molecule has 0 radical (unpaired) electrons. The van der Waals surface area contributed by atoms with Crippen molar-refractivity contribution in [3.8, 4) is 11.5 Å². The summed E-state index contributed by atoms with van der Waals surface area (Å²) in [4.78, 5) is 29.5. The van der Waals surface area contributed by atoms with Gasteiger partial charge in [-0.3, -0.25) is 13.9 Å². The van der Waals surface area contributed by atoms with Crippen LogP contribution in [0.25, 0.3) is 0 Å². The number of carbonyl (C=O) groups is 2. The second-order valence-electron chi connectivity index (χ2n) is 11.2. The van der Waals surface area contributed by atoms with Gasteiger partial charge in [0.2, 0.25) is 11.8 Å². The lowest BCUT2D eigenvalue weighted by Gasteiger charge is -2.34. The average molecular weight is 680 g/mol. The number of hydrogen-bond acceptors (Lipinski definition) is 6. The van der Waals surface area contributed by atoms with Crippen molar-refractivity contribution in [1.29, 1.82) is 0 Å². The summed E-state index contributed by atoms with van der Waals surface area (Å²) in [5.41, 5.74) is 1.31. The highest BCUT2D eigenvalue weighted by atomic mass is 32.2. The van der Waals surface area contributed by atoms with Gasteiger partial charge in [0.1, 0.15) is 24.2 Å². The van der Waals surface area contributed by atoms with Crippen LogP contribution in [0, 0.1) is 11.6 Å². The number of ether oxygens (including phenoxy) is 2. The normalized spacial score (nSPS) is 12.5. The van der Waals surface area contributed by atoms with Crippen molar-refractivity contribution in [1.82, 2.24) is 10.2 Å². The smallest absolute Gasteiger partial charge is 0.264 e. The number of rotatable bonds is 15. The van der Waals surface area contributed by atoms with Gasteiger partial charge in [-0.2, -0.15) is 0 Å². The SMILES string of the molecule is CCC(C)NC(=O)C(Cc1ccccc1)N(Cc1ccc(F)cc1)C(=O)CN(c1ccc(F)cc1)S(=O)(=O)c1ccc(OC)c(OC)c1. The topological polar surface area (TPSA) is 105 Å². The Morgan fingerprint density at radius 3 is 2.00 bits per heavy atom. The largest absolute Gasteiger partial charge is 0.493 e. The Hall–Kier alpha value is -4.97. The number of halogens is 2. The van der Waals surface area contributed by atoms with E-state index in [0.717, 1.165) is 22.0 Å². The molecule has 0 aliphatic heterocycles. The highest BCUT2D eigenvalue weighted by Gasteiger charge is 2.35. The zero-order valence-corrected chi connectivity index (χ0v) is 28.0. The minimum Gasteiger partial charge on any atom is -0.493 e. The van der Waals surface area contributed by atoms with Crippen molar-refractivity contribution in [2.45, 2.75) is 50.2 Å². The van der Waals surface area contributed by atoms with Gasteiger partial charge in [-0.25, -0.2) is 17.2 Å². The standard InChI is InChI=1S/C36H39F2N3O6S/c1-5-25(2)39-36(43)32(21-26-9-7-6-8-10-26)40(23-27-11-13-28(37)14-12-27)35(42)24-41(30-17-15-29(38)16-18-30)48(44,45)31-19-20-33(46-3)34(22-31)47-4/h6-20,22,25,32H,5,21,23-24H2,1-4H3,(H,39,43). The first-order valence-corrected chi connectivity index (χ1v) is 16.8. The van der Waals surface area contributed by atoms with Crippen LogP contribution in [-0.4, -0.2) is 58.0 Å². The van der Waals surface area contributed by atoms with Gasteiger partial charge >= 0.3 is 0 Å². The van der Waals surface area contributed by atoms with E-state index < -0.39 is 46.1 Å². The molecule has 12 heteroatoms. The fourth-order valence-corrected chi connectivity index (χ4v) is 6.45. The van der Waals surface area contributed by atoms with Gasteiger partial charge in [-0.05, 0) is 73.0 Å². The van der Waals surface area contributed by atoms with Gasteiger partial charge in [0.05, 0.1) is 24.8 Å². The number of hydrogen-bond donors (Lipinski definition) is 1. The highest BCUT2D eigenvalue weighted by Crippen LogP contribution is 2.32. The summed E-state index contributed by atoms with van der Waals surface area (Å²) in [7, 11) is -1.71. The Labute approximate surface area is 280 Å². The lowest BCUT2D eigenvalue weighted by Crippen LogP contribution is -2.54. The quantitative estimate of drug-likeness (QED) is 0.172. The predicted molar refractivity (Wildman–Crippen MR) is 179 cm³/mol. The second kappa shape index (κ2) is 16.2. The number of sulfonamides is 1. The molecule has 4 aromatic carbocycles. The summed E-state index contributed by atoms with van der Waals surface area (Å²) in [6.45, 7) is 2.89. The molecule has 4 aromatic rings. The molecule has 254 valence electrons. The third-order valence-corrected chi connectivity index (χ3v) is 9.64. The molecule has 4 rings (SSSR count). The number of anilines is 1. The fraction of sp³-hybridized carbons (Fsp3) is 0.278. The maximum atomic E-state index is 14.5. The molecule has 48 heavy (non-hydrogen) atoms. The third kappa shape index (κ3) is 8.88. The Balaban J connectivity index is 1.82. The summed E-state index contributed by atoms with van der Waals surface area (Å²) >= 11 is 0. The average Bonchev–Trinajstić information content (AvgIpc) is 3.09. The Bertz CT molecular complexity index is 1790. The van der Waals surface area contributed by atoms with E-state index in [1.54, 1.807) is 0 Å². The Morgan fingerprint density at radius 2 is 1.42 bits per heavy atom. The number of methoxy groups -OCH3 is 2. The van der Waals surface area contributed by atoms with E-state index >= 15 is 0 Å². The summed E-state index contributed by atoms with van der Waals surface area (Å²) < 4.78 is 67.8. The molecule has 9 nitrogen and oxygen atoms in total. The lowest BCUT2D eigenvalue weighted by atomic mass is 10.0. The molecule has 0 saturated heterocycles. The van der Waals surface area contributed by atoms with Crippen molar-refractivity contribution >= 4 is 27.5 Å². The van der Waals surface area contributed by atoms with Gasteiger partial charge in [-0.15, -0.1) is 0 Å². The van der Waals surface area contributed by atoms with E-state index in [0.29, 0.717) is 17.7 Å². The molecule has 2 amide bonds. The van der Waals surface area contributed by atoms with Crippen LogP contribution in [0.4, 0.5) is 14.5 Å². The number of nitrogens with zero attached hydrogens (tertiary/aromatic N) is 2. The first kappa shape index (κ1) is 35.9. The Morgan fingerprint density at radius 1 is 0.812 bits per heavy atom. The first-order chi connectivity index (χ1) is 23.0. The molecule has 0 aliphatic rings. The first-order valence-electron chi connectivity index (χ1n) is 15.3. The molecule has 0 saturated carbocycles. The number of carbonyl (C=O) groups excluding carboxylic acids is 2. The molecular formula is C36H39F2N3O6S. The van der Waals surface area contributed by atoms with Crippen molar-refractivity contribution in [2.75, 3.05) is 25.1 Å². The number of amides is 2. The molecule has 0 bridgehead atoms.